The van der Waals surface area contributed by atoms with Crippen LogP contribution in [0.4, 0.5) is 18.0 Å². The summed E-state index contributed by atoms with van der Waals surface area (Å²) in [4.78, 5) is 20.0. The zero-order chi connectivity index (χ0) is 16.3. The molecule has 0 radical (unpaired) electrons. The van der Waals surface area contributed by atoms with E-state index in [1.165, 1.54) is 16.2 Å². The van der Waals surface area contributed by atoms with Gasteiger partial charge >= 0.3 is 12.2 Å². The summed E-state index contributed by atoms with van der Waals surface area (Å²) in [6, 6.07) is -1.72. The van der Waals surface area contributed by atoms with E-state index >= 15 is 0 Å². The number of rotatable bonds is 3. The van der Waals surface area contributed by atoms with E-state index in [0.29, 0.717) is 19.6 Å². The van der Waals surface area contributed by atoms with Crippen molar-refractivity contribution in [2.24, 2.45) is 0 Å². The number of hydrogen-bond acceptors (Lipinski definition) is 4. The molecule has 5 nitrogen and oxygen atoms in total. The van der Waals surface area contributed by atoms with Crippen LogP contribution in [0.3, 0.4) is 0 Å². The molecule has 0 spiro atoms. The molecule has 1 aromatic rings. The first-order valence-corrected chi connectivity index (χ1v) is 7.84. The van der Waals surface area contributed by atoms with Gasteiger partial charge in [-0.25, -0.2) is 9.78 Å². The second-order valence-corrected chi connectivity index (χ2v) is 6.56. The standard InChI is InChI=1S/C13H19F3N4OS/c1-9(13(14,15)16)19-3-5-20(6-4-19)12(21)18-8-11-7-17-10(2)22-11/h7,9H,3-6,8H2,1-2H3,(H,18,21)/t9-/m1/s1. The van der Waals surface area contributed by atoms with Crippen molar-refractivity contribution in [2.75, 3.05) is 26.2 Å². The van der Waals surface area contributed by atoms with Crippen molar-refractivity contribution in [1.29, 1.82) is 0 Å². The highest BCUT2D eigenvalue weighted by molar-refractivity contribution is 7.11. The summed E-state index contributed by atoms with van der Waals surface area (Å²) >= 11 is 1.51. The molecule has 1 saturated heterocycles. The summed E-state index contributed by atoms with van der Waals surface area (Å²) in [6.07, 6.45) is -2.52. The fourth-order valence-electron chi connectivity index (χ4n) is 2.28. The van der Waals surface area contributed by atoms with Crippen molar-refractivity contribution in [2.45, 2.75) is 32.6 Å². The number of amides is 2. The highest BCUT2D eigenvalue weighted by Crippen LogP contribution is 2.25. The van der Waals surface area contributed by atoms with E-state index in [1.807, 2.05) is 6.92 Å². The predicted molar refractivity (Wildman–Crippen MR) is 77.7 cm³/mol. The van der Waals surface area contributed by atoms with Crippen LogP contribution in [0.5, 0.6) is 0 Å². The number of carbonyl (C=O) groups excluding carboxylic acids is 1. The minimum absolute atomic E-state index is 0.230. The highest BCUT2D eigenvalue weighted by atomic mass is 32.1. The number of carbonyl (C=O) groups is 1. The third-order valence-electron chi connectivity index (χ3n) is 3.71. The number of thiazole rings is 1. The lowest BCUT2D eigenvalue weighted by molar-refractivity contribution is -0.181. The van der Waals surface area contributed by atoms with Crippen LogP contribution in [0.1, 0.15) is 16.8 Å². The van der Waals surface area contributed by atoms with Gasteiger partial charge in [0.05, 0.1) is 11.6 Å². The summed E-state index contributed by atoms with van der Waals surface area (Å²) in [5, 5.41) is 3.70. The van der Waals surface area contributed by atoms with E-state index in [9.17, 15) is 18.0 Å². The Hall–Kier alpha value is -1.35. The zero-order valence-corrected chi connectivity index (χ0v) is 13.3. The maximum Gasteiger partial charge on any atom is 0.403 e. The van der Waals surface area contributed by atoms with Gasteiger partial charge in [0.1, 0.15) is 6.04 Å². The first-order valence-electron chi connectivity index (χ1n) is 7.02. The smallest absolute Gasteiger partial charge is 0.333 e. The second-order valence-electron chi connectivity index (χ2n) is 5.24. The van der Waals surface area contributed by atoms with E-state index in [4.69, 9.17) is 0 Å². The van der Waals surface area contributed by atoms with Gasteiger partial charge in [-0.2, -0.15) is 13.2 Å². The quantitative estimate of drug-likeness (QED) is 0.921. The molecule has 0 unspecified atom stereocenters. The summed E-state index contributed by atoms with van der Waals surface area (Å²) < 4.78 is 38.0. The minimum Gasteiger partial charge on any atom is -0.333 e. The molecular formula is C13H19F3N4OS. The largest absolute Gasteiger partial charge is 0.403 e. The molecule has 9 heteroatoms. The Morgan fingerprint density at radius 3 is 2.55 bits per heavy atom. The number of nitrogens with one attached hydrogen (secondary N) is 1. The van der Waals surface area contributed by atoms with E-state index in [2.05, 4.69) is 10.3 Å². The average molecular weight is 336 g/mol. The molecule has 22 heavy (non-hydrogen) atoms. The Balaban J connectivity index is 1.77. The second kappa shape index (κ2) is 6.82. The molecule has 0 bridgehead atoms. The van der Waals surface area contributed by atoms with E-state index in [0.717, 1.165) is 16.8 Å². The van der Waals surface area contributed by atoms with Gasteiger partial charge in [-0.3, -0.25) is 4.90 Å². The zero-order valence-electron chi connectivity index (χ0n) is 12.5. The molecule has 2 amide bonds. The van der Waals surface area contributed by atoms with Gasteiger partial charge in [0.25, 0.3) is 0 Å². The van der Waals surface area contributed by atoms with Gasteiger partial charge < -0.3 is 10.2 Å². The molecule has 2 heterocycles. The van der Waals surface area contributed by atoms with Crippen LogP contribution in [0.25, 0.3) is 0 Å². The molecule has 1 atom stereocenters. The Labute approximate surface area is 131 Å². The minimum atomic E-state index is -4.23. The van der Waals surface area contributed by atoms with Crippen LogP contribution >= 0.6 is 11.3 Å². The van der Waals surface area contributed by atoms with Crippen LogP contribution in [0, 0.1) is 6.92 Å². The predicted octanol–water partition coefficient (Wildman–Crippen LogP) is 2.23. The Bertz CT molecular complexity index is 512. The SMILES string of the molecule is Cc1ncc(CNC(=O)N2CCN([C@H](C)C(F)(F)F)CC2)s1. The fraction of sp³-hybridized carbons (Fsp3) is 0.692. The summed E-state index contributed by atoms with van der Waals surface area (Å²) in [6.45, 7) is 4.49. The van der Waals surface area contributed by atoms with Gasteiger partial charge in [-0.15, -0.1) is 11.3 Å². The topological polar surface area (TPSA) is 48.5 Å². The number of nitrogens with zero attached hydrogens (tertiary/aromatic N) is 3. The number of aryl methyl sites for hydroxylation is 1. The molecule has 2 rings (SSSR count). The van der Waals surface area contributed by atoms with Crippen LogP contribution in [0.15, 0.2) is 6.20 Å². The maximum atomic E-state index is 12.7. The monoisotopic (exact) mass is 336 g/mol. The number of urea groups is 1. The number of alkyl halides is 3. The van der Waals surface area contributed by atoms with Crippen LogP contribution in [-0.2, 0) is 6.54 Å². The van der Waals surface area contributed by atoms with E-state index in [-0.39, 0.29) is 19.1 Å². The van der Waals surface area contributed by atoms with Gasteiger partial charge in [0, 0.05) is 37.3 Å². The fourth-order valence-corrected chi connectivity index (χ4v) is 3.02. The molecule has 1 N–H and O–H groups in total. The van der Waals surface area contributed by atoms with Crippen LogP contribution < -0.4 is 5.32 Å². The average Bonchev–Trinajstić information content (AvgIpc) is 2.89. The van der Waals surface area contributed by atoms with E-state index in [1.54, 1.807) is 11.1 Å². The molecule has 0 aliphatic carbocycles. The highest BCUT2D eigenvalue weighted by Gasteiger charge is 2.41. The normalized spacial score (nSPS) is 18.3. The molecule has 1 fully saturated rings. The third-order valence-corrected chi connectivity index (χ3v) is 4.62. The molecule has 0 aromatic carbocycles. The number of hydrogen-bond donors (Lipinski definition) is 1. The van der Waals surface area contributed by atoms with Gasteiger partial charge in [0.15, 0.2) is 0 Å². The van der Waals surface area contributed by atoms with Gasteiger partial charge in [-0.05, 0) is 13.8 Å². The lowest BCUT2D eigenvalue weighted by atomic mass is 10.2. The Morgan fingerprint density at radius 1 is 1.41 bits per heavy atom. The van der Waals surface area contributed by atoms with Gasteiger partial charge in [-0.1, -0.05) is 0 Å². The van der Waals surface area contributed by atoms with Crippen molar-refractivity contribution in [3.8, 4) is 0 Å². The molecular weight excluding hydrogens is 317 g/mol. The van der Waals surface area contributed by atoms with E-state index < -0.39 is 12.2 Å². The molecule has 0 saturated carbocycles. The molecule has 1 aliphatic rings. The van der Waals surface area contributed by atoms with Crippen molar-refractivity contribution in [1.82, 2.24) is 20.1 Å². The molecule has 1 aliphatic heterocycles. The number of piperazine rings is 1. The lowest BCUT2D eigenvalue weighted by Crippen LogP contribution is -2.56. The Kier molecular flexibility index (Phi) is 5.28. The van der Waals surface area contributed by atoms with Crippen molar-refractivity contribution >= 4 is 17.4 Å². The molecule has 1 aromatic heterocycles. The van der Waals surface area contributed by atoms with Crippen LogP contribution in [-0.4, -0.2) is 59.2 Å². The van der Waals surface area contributed by atoms with Gasteiger partial charge in [0.2, 0.25) is 0 Å². The van der Waals surface area contributed by atoms with Crippen molar-refractivity contribution in [3.63, 3.8) is 0 Å². The maximum absolute atomic E-state index is 12.7. The van der Waals surface area contributed by atoms with Crippen LogP contribution in [0.2, 0.25) is 0 Å². The number of halogens is 3. The third kappa shape index (κ3) is 4.33. The first kappa shape index (κ1) is 17.0. The molecule has 124 valence electrons. The number of aromatic nitrogens is 1. The summed E-state index contributed by atoms with van der Waals surface area (Å²) in [7, 11) is 0. The first-order chi connectivity index (χ1) is 10.3. The van der Waals surface area contributed by atoms with Crippen molar-refractivity contribution in [3.05, 3.63) is 16.1 Å². The van der Waals surface area contributed by atoms with Crippen molar-refractivity contribution < 1.29 is 18.0 Å². The summed E-state index contributed by atoms with van der Waals surface area (Å²) in [5.74, 6) is 0. The Morgan fingerprint density at radius 2 is 2.05 bits per heavy atom. The lowest BCUT2D eigenvalue weighted by Gasteiger charge is -2.38. The summed E-state index contributed by atoms with van der Waals surface area (Å²) in [5.41, 5.74) is 0.